The monoisotopic (exact) mass is 578 g/mol. The Morgan fingerprint density at radius 1 is 1.19 bits per heavy atom. The standard InChI is InChI=1S/C26H35BrN4O4S/c1-6-18(13-14-32)17-31-23-12-9-20(15-22(23)29-25(31)26(2,3)4)30(5)36(34,35)21-10-7-19(8-11-21)28-24(33)16-27/h7-12,15,18,32H,6,13-14,16-17H2,1-5H3,(H,28,33). The van der Waals surface area contributed by atoms with E-state index in [1.165, 1.54) is 23.5 Å². The Hall–Kier alpha value is -2.43. The highest BCUT2D eigenvalue weighted by molar-refractivity contribution is 9.09. The number of fused-ring (bicyclic) bond motifs is 1. The zero-order valence-corrected chi connectivity index (χ0v) is 23.9. The summed E-state index contributed by atoms with van der Waals surface area (Å²) in [5, 5.41) is 12.3. The first-order chi connectivity index (χ1) is 16.9. The molecular formula is C26H35BrN4O4S. The smallest absolute Gasteiger partial charge is 0.264 e. The summed E-state index contributed by atoms with van der Waals surface area (Å²) in [5.74, 6) is 1.03. The number of hydrogen-bond donors (Lipinski definition) is 2. The van der Waals surface area contributed by atoms with Crippen molar-refractivity contribution in [2.45, 2.75) is 57.4 Å². The number of nitrogens with one attached hydrogen (secondary N) is 1. The molecule has 10 heteroatoms. The normalized spacial score (nSPS) is 13.1. The number of aromatic nitrogens is 2. The van der Waals surface area contributed by atoms with Crippen LogP contribution in [-0.2, 0) is 26.8 Å². The number of anilines is 2. The van der Waals surface area contributed by atoms with E-state index in [1.54, 1.807) is 24.3 Å². The van der Waals surface area contributed by atoms with Crippen LogP contribution in [0.3, 0.4) is 0 Å². The van der Waals surface area contributed by atoms with Crippen molar-refractivity contribution in [3.05, 3.63) is 48.3 Å². The van der Waals surface area contributed by atoms with E-state index in [4.69, 9.17) is 4.98 Å². The fraction of sp³-hybridized carbons (Fsp3) is 0.462. The summed E-state index contributed by atoms with van der Waals surface area (Å²) in [6.07, 6.45) is 1.67. The Kier molecular flexibility index (Phi) is 8.84. The summed E-state index contributed by atoms with van der Waals surface area (Å²) in [6.45, 7) is 9.34. The predicted octanol–water partition coefficient (Wildman–Crippen LogP) is 4.90. The molecule has 1 aromatic heterocycles. The second kappa shape index (κ2) is 11.3. The van der Waals surface area contributed by atoms with Crippen LogP contribution in [0.25, 0.3) is 11.0 Å². The lowest BCUT2D eigenvalue weighted by Gasteiger charge is -2.23. The molecule has 3 aromatic rings. The average molecular weight is 580 g/mol. The first-order valence-electron chi connectivity index (χ1n) is 12.0. The number of nitrogens with zero attached hydrogens (tertiary/aromatic N) is 3. The van der Waals surface area contributed by atoms with Gasteiger partial charge in [-0.2, -0.15) is 0 Å². The first-order valence-corrected chi connectivity index (χ1v) is 14.5. The maximum atomic E-state index is 13.3. The molecule has 1 heterocycles. The Balaban J connectivity index is 1.97. The predicted molar refractivity (Wildman–Crippen MR) is 148 cm³/mol. The van der Waals surface area contributed by atoms with Gasteiger partial charge in [-0.1, -0.05) is 50.0 Å². The number of aliphatic hydroxyl groups excluding tert-OH is 1. The topological polar surface area (TPSA) is 105 Å². The number of halogens is 1. The van der Waals surface area contributed by atoms with Crippen LogP contribution in [0.5, 0.6) is 0 Å². The van der Waals surface area contributed by atoms with Gasteiger partial charge in [0.1, 0.15) is 5.82 Å². The largest absolute Gasteiger partial charge is 0.396 e. The first kappa shape index (κ1) is 28.1. The number of benzene rings is 2. The van der Waals surface area contributed by atoms with E-state index in [0.717, 1.165) is 36.2 Å². The Bertz CT molecular complexity index is 1310. The molecule has 0 saturated heterocycles. The van der Waals surface area contributed by atoms with Gasteiger partial charge in [0.15, 0.2) is 0 Å². The molecule has 36 heavy (non-hydrogen) atoms. The van der Waals surface area contributed by atoms with Gasteiger partial charge < -0.3 is 15.0 Å². The fourth-order valence-corrected chi connectivity index (χ4v) is 5.47. The molecule has 196 valence electrons. The second-order valence-corrected chi connectivity index (χ2v) is 12.5. The summed E-state index contributed by atoms with van der Waals surface area (Å²) < 4.78 is 30.1. The maximum Gasteiger partial charge on any atom is 0.264 e. The highest BCUT2D eigenvalue weighted by Crippen LogP contribution is 2.32. The van der Waals surface area contributed by atoms with E-state index in [0.29, 0.717) is 17.3 Å². The number of carbonyl (C=O) groups excluding carboxylic acids is 1. The minimum Gasteiger partial charge on any atom is -0.396 e. The number of hydrogen-bond acceptors (Lipinski definition) is 5. The minimum atomic E-state index is -3.82. The lowest BCUT2D eigenvalue weighted by molar-refractivity contribution is -0.113. The summed E-state index contributed by atoms with van der Waals surface area (Å²) in [7, 11) is -2.30. The second-order valence-electron chi connectivity index (χ2n) is 9.93. The van der Waals surface area contributed by atoms with Crippen molar-refractivity contribution in [1.82, 2.24) is 9.55 Å². The number of carbonyl (C=O) groups is 1. The molecule has 1 unspecified atom stereocenters. The maximum absolute atomic E-state index is 13.3. The van der Waals surface area contributed by atoms with Crippen molar-refractivity contribution < 1.29 is 18.3 Å². The van der Waals surface area contributed by atoms with Crippen LogP contribution in [0.1, 0.15) is 46.4 Å². The minimum absolute atomic E-state index is 0.123. The third kappa shape index (κ3) is 6.10. The molecule has 0 bridgehead atoms. The summed E-state index contributed by atoms with van der Waals surface area (Å²) in [6, 6.07) is 11.6. The Morgan fingerprint density at radius 3 is 2.42 bits per heavy atom. The van der Waals surface area contributed by atoms with E-state index in [9.17, 15) is 18.3 Å². The number of aliphatic hydroxyl groups is 1. The SMILES string of the molecule is CCC(CCO)Cn1c(C(C)(C)C)nc2cc(N(C)S(=O)(=O)c3ccc(NC(=O)CBr)cc3)ccc21. The molecule has 2 aromatic carbocycles. The van der Waals surface area contributed by atoms with E-state index in [1.807, 2.05) is 6.07 Å². The summed E-state index contributed by atoms with van der Waals surface area (Å²) in [4.78, 5) is 16.6. The zero-order chi connectivity index (χ0) is 26.7. The van der Waals surface area contributed by atoms with Gasteiger partial charge >= 0.3 is 0 Å². The molecule has 1 atom stereocenters. The number of alkyl halides is 1. The zero-order valence-electron chi connectivity index (χ0n) is 21.5. The van der Waals surface area contributed by atoms with Gasteiger partial charge in [0.05, 0.1) is 26.9 Å². The fourth-order valence-electron chi connectivity index (χ4n) is 4.14. The van der Waals surface area contributed by atoms with Crippen molar-refractivity contribution in [1.29, 1.82) is 0 Å². The van der Waals surface area contributed by atoms with Gasteiger partial charge in [0, 0.05) is 31.3 Å². The van der Waals surface area contributed by atoms with E-state index >= 15 is 0 Å². The van der Waals surface area contributed by atoms with Crippen molar-refractivity contribution in [3.63, 3.8) is 0 Å². The van der Waals surface area contributed by atoms with Gasteiger partial charge in [0.25, 0.3) is 10.0 Å². The van der Waals surface area contributed by atoms with E-state index in [2.05, 4.69) is 53.5 Å². The quantitative estimate of drug-likeness (QED) is 0.333. The highest BCUT2D eigenvalue weighted by Gasteiger charge is 2.26. The molecule has 0 aliphatic rings. The molecule has 3 rings (SSSR count). The summed E-state index contributed by atoms with van der Waals surface area (Å²) in [5.41, 5.74) is 2.49. The van der Waals surface area contributed by atoms with Crippen LogP contribution in [0, 0.1) is 5.92 Å². The number of rotatable bonds is 10. The van der Waals surface area contributed by atoms with Crippen LogP contribution in [0.4, 0.5) is 11.4 Å². The van der Waals surface area contributed by atoms with Crippen molar-refractivity contribution >= 4 is 54.3 Å². The van der Waals surface area contributed by atoms with Crippen LogP contribution < -0.4 is 9.62 Å². The molecule has 0 fully saturated rings. The molecule has 0 radical (unpaired) electrons. The number of sulfonamides is 1. The molecular weight excluding hydrogens is 544 g/mol. The Morgan fingerprint density at radius 2 is 1.86 bits per heavy atom. The van der Waals surface area contributed by atoms with Gasteiger partial charge in [-0.3, -0.25) is 9.10 Å². The van der Waals surface area contributed by atoms with Crippen molar-refractivity contribution in [2.75, 3.05) is 28.6 Å². The van der Waals surface area contributed by atoms with E-state index in [-0.39, 0.29) is 28.2 Å². The Labute approximate surface area is 221 Å². The molecule has 2 N–H and O–H groups in total. The third-order valence-electron chi connectivity index (χ3n) is 6.24. The number of imidazole rings is 1. The van der Waals surface area contributed by atoms with Crippen LogP contribution >= 0.6 is 15.9 Å². The highest BCUT2D eigenvalue weighted by atomic mass is 79.9. The average Bonchev–Trinajstić information content (AvgIpc) is 3.21. The molecule has 0 aliphatic carbocycles. The lowest BCUT2D eigenvalue weighted by Crippen LogP contribution is -2.26. The van der Waals surface area contributed by atoms with Gasteiger partial charge in [-0.15, -0.1) is 0 Å². The third-order valence-corrected chi connectivity index (χ3v) is 8.55. The lowest BCUT2D eigenvalue weighted by atomic mass is 9.95. The van der Waals surface area contributed by atoms with Crippen LogP contribution in [0.15, 0.2) is 47.4 Å². The molecule has 1 amide bonds. The molecule has 8 nitrogen and oxygen atoms in total. The van der Waals surface area contributed by atoms with Gasteiger partial charge in [-0.05, 0) is 54.8 Å². The molecule has 0 spiro atoms. The molecule has 0 aliphatic heterocycles. The summed E-state index contributed by atoms with van der Waals surface area (Å²) >= 11 is 3.09. The van der Waals surface area contributed by atoms with Gasteiger partial charge in [0.2, 0.25) is 5.91 Å². The molecule has 0 saturated carbocycles. The van der Waals surface area contributed by atoms with Crippen molar-refractivity contribution in [2.24, 2.45) is 5.92 Å². The van der Waals surface area contributed by atoms with Crippen LogP contribution in [-0.4, -0.2) is 48.0 Å². The van der Waals surface area contributed by atoms with Crippen molar-refractivity contribution in [3.8, 4) is 0 Å². The van der Waals surface area contributed by atoms with Crippen LogP contribution in [0.2, 0.25) is 0 Å². The number of amides is 1. The van der Waals surface area contributed by atoms with E-state index < -0.39 is 10.0 Å². The van der Waals surface area contributed by atoms with Gasteiger partial charge in [-0.25, -0.2) is 13.4 Å².